The molecule has 0 saturated carbocycles. The van der Waals surface area contributed by atoms with Crippen LogP contribution in [-0.2, 0) is 32.9 Å². The van der Waals surface area contributed by atoms with Crippen LogP contribution in [0.1, 0.15) is 11.1 Å². The summed E-state index contributed by atoms with van der Waals surface area (Å²) in [5, 5.41) is 0. The molecule has 272 valence electrons. The average Bonchev–Trinajstić information content (AvgIpc) is 3.29. The van der Waals surface area contributed by atoms with E-state index in [9.17, 15) is 0 Å². The first-order valence-corrected chi connectivity index (χ1v) is 18.9. The summed E-state index contributed by atoms with van der Waals surface area (Å²) >= 11 is 0. The minimum atomic E-state index is 0. The molecule has 3 aromatic heterocycles. The van der Waals surface area contributed by atoms with Crippen LogP contribution in [0.25, 0.3) is 78.3 Å². The molecule has 0 saturated heterocycles. The summed E-state index contributed by atoms with van der Waals surface area (Å²) in [5.41, 5.74) is 17.2. The molecule has 0 atom stereocenters. The number of rotatable bonds is 10. The predicted octanol–water partition coefficient (Wildman–Crippen LogP) is 12.7. The quantitative estimate of drug-likeness (QED) is 0.128. The molecule has 6 aromatic carbocycles. The van der Waals surface area contributed by atoms with Crippen molar-refractivity contribution in [1.82, 2.24) is 15.0 Å². The third-order valence-electron chi connectivity index (χ3n) is 10.1. The molecule has 0 spiro atoms. The summed E-state index contributed by atoms with van der Waals surface area (Å²) in [4.78, 5) is 14.5. The first-order chi connectivity index (χ1) is 27.7. The van der Waals surface area contributed by atoms with Gasteiger partial charge in [0.15, 0.2) is 0 Å². The minimum Gasteiger partial charge on any atom is -0.304 e. The molecule has 9 aromatic rings. The van der Waals surface area contributed by atoms with E-state index in [4.69, 9.17) is 15.0 Å². The van der Waals surface area contributed by atoms with Crippen molar-refractivity contribution in [2.24, 2.45) is 0 Å². The Kier molecular flexibility index (Phi) is 11.5. The molecular weight excluding hydrogens is 871 g/mol. The van der Waals surface area contributed by atoms with Crippen LogP contribution in [0.2, 0.25) is 0 Å². The van der Waals surface area contributed by atoms with Gasteiger partial charge < -0.3 is 15.0 Å². The smallest absolute Gasteiger partial charge is 0.304 e. The summed E-state index contributed by atoms with van der Waals surface area (Å²) in [7, 11) is 0. The summed E-state index contributed by atoms with van der Waals surface area (Å²) in [6, 6.07) is 70.8. The molecule has 9 rings (SSSR count). The summed E-state index contributed by atoms with van der Waals surface area (Å²) in [6.07, 6.45) is 7.67. The van der Waals surface area contributed by atoms with Gasteiger partial charge in [0, 0.05) is 18.6 Å². The van der Waals surface area contributed by atoms with Crippen LogP contribution in [0.5, 0.6) is 0 Å². The Bertz CT molecular complexity index is 2550. The Labute approximate surface area is 348 Å². The number of aromatic nitrogens is 3. The van der Waals surface area contributed by atoms with Crippen molar-refractivity contribution in [1.29, 1.82) is 0 Å². The van der Waals surface area contributed by atoms with Gasteiger partial charge in [-0.3, -0.25) is 0 Å². The van der Waals surface area contributed by atoms with Crippen molar-refractivity contribution in [3.8, 4) is 78.3 Å². The van der Waals surface area contributed by atoms with Crippen molar-refractivity contribution in [3.63, 3.8) is 0 Å². The zero-order valence-corrected chi connectivity index (χ0v) is 33.5. The fraction of sp³-hybridized carbons (Fsp3) is 0.0377. The molecule has 0 aliphatic carbocycles. The number of benzene rings is 6. The Morgan fingerprint density at radius 1 is 0.333 bits per heavy atom. The predicted molar refractivity (Wildman–Crippen MR) is 228 cm³/mol. The van der Waals surface area contributed by atoms with E-state index in [0.717, 1.165) is 91.1 Å². The standard InChI is InChI=1S/C53H36N3.Ir/c1-4-14-40(15-5-1)51-29-26-38(35-54-51)24-25-39-32-45(49-22-12-10-20-47(49)43-27-30-52(55-36-43)41-16-6-2-7-17-41)34-46(33-39)50-23-13-11-21-48(50)44-28-31-53(56-37-44)42-18-8-3-9-19-42;/h1-14,16,18,20-23,26-37H,24-25H2;/q-3;+3. The second kappa shape index (κ2) is 17.5. The Morgan fingerprint density at radius 2 is 0.719 bits per heavy atom. The molecule has 57 heavy (non-hydrogen) atoms. The van der Waals surface area contributed by atoms with Crippen LogP contribution in [-0.4, -0.2) is 15.0 Å². The topological polar surface area (TPSA) is 38.7 Å². The fourth-order valence-electron chi connectivity index (χ4n) is 7.22. The molecule has 0 aliphatic heterocycles. The van der Waals surface area contributed by atoms with Crippen LogP contribution in [0.15, 0.2) is 195 Å². The minimum absolute atomic E-state index is 0. The van der Waals surface area contributed by atoms with Crippen molar-refractivity contribution in [2.75, 3.05) is 0 Å². The monoisotopic (exact) mass is 907 g/mol. The second-order valence-electron chi connectivity index (χ2n) is 13.8. The molecule has 0 unspecified atom stereocenters. The SMILES string of the molecule is [Ir+3].[c-]1ccccc1-c1ccc(CCc2cc(-c3ccccc3-c3ccc(-c4[c-]cccc4)nc3)cc(-c3ccccc3-c3ccc(-c4[c-]cccc4)nc3)c2)cn1. The maximum absolute atomic E-state index is 4.85. The number of nitrogens with zero attached hydrogens (tertiary/aromatic N) is 3. The van der Waals surface area contributed by atoms with Crippen molar-refractivity contribution >= 4 is 0 Å². The van der Waals surface area contributed by atoms with Crippen LogP contribution < -0.4 is 0 Å². The first-order valence-electron chi connectivity index (χ1n) is 18.9. The van der Waals surface area contributed by atoms with Crippen LogP contribution in [0.4, 0.5) is 0 Å². The summed E-state index contributed by atoms with van der Waals surface area (Å²) in [5.74, 6) is 0. The molecule has 0 radical (unpaired) electrons. The van der Waals surface area contributed by atoms with Gasteiger partial charge in [-0.2, -0.15) is 0 Å². The fourth-order valence-corrected chi connectivity index (χ4v) is 7.22. The third kappa shape index (κ3) is 8.49. The molecular formula is C53H36IrN3. The molecule has 4 heteroatoms. The van der Waals surface area contributed by atoms with Crippen molar-refractivity contribution < 1.29 is 20.1 Å². The van der Waals surface area contributed by atoms with Gasteiger partial charge >= 0.3 is 20.1 Å². The van der Waals surface area contributed by atoms with E-state index in [0.29, 0.717) is 0 Å². The first kappa shape index (κ1) is 37.3. The van der Waals surface area contributed by atoms with Gasteiger partial charge in [0.1, 0.15) is 0 Å². The molecule has 0 bridgehead atoms. The van der Waals surface area contributed by atoms with Gasteiger partial charge in [-0.25, -0.2) is 0 Å². The van der Waals surface area contributed by atoms with Gasteiger partial charge in [0.2, 0.25) is 0 Å². The maximum Gasteiger partial charge on any atom is 3.00 e. The van der Waals surface area contributed by atoms with Crippen LogP contribution in [0, 0.1) is 18.2 Å². The summed E-state index contributed by atoms with van der Waals surface area (Å²) in [6.45, 7) is 0. The van der Waals surface area contributed by atoms with Gasteiger partial charge in [0.25, 0.3) is 0 Å². The Balaban J connectivity index is 0.00000455. The largest absolute Gasteiger partial charge is 3.00 e. The number of pyridine rings is 3. The molecule has 0 amide bonds. The molecule has 0 fully saturated rings. The average molecular weight is 907 g/mol. The van der Waals surface area contributed by atoms with Crippen LogP contribution >= 0.6 is 0 Å². The van der Waals surface area contributed by atoms with E-state index in [1.807, 2.05) is 91.4 Å². The normalized spacial score (nSPS) is 10.8. The molecule has 0 N–H and O–H groups in total. The van der Waals surface area contributed by atoms with Crippen molar-refractivity contribution in [2.45, 2.75) is 12.8 Å². The molecule has 3 heterocycles. The van der Waals surface area contributed by atoms with E-state index in [2.05, 4.69) is 121 Å². The maximum atomic E-state index is 4.85. The Morgan fingerprint density at radius 3 is 1.09 bits per heavy atom. The van der Waals surface area contributed by atoms with Gasteiger partial charge in [-0.1, -0.05) is 97.1 Å². The third-order valence-corrected chi connectivity index (χ3v) is 10.1. The van der Waals surface area contributed by atoms with E-state index >= 15 is 0 Å². The number of hydrogen-bond donors (Lipinski definition) is 0. The van der Waals surface area contributed by atoms with E-state index < -0.39 is 0 Å². The Hall–Kier alpha value is -6.58. The number of hydrogen-bond acceptors (Lipinski definition) is 3. The number of aryl methyl sites for hydroxylation is 2. The van der Waals surface area contributed by atoms with E-state index in [1.165, 1.54) is 11.1 Å². The zero-order chi connectivity index (χ0) is 37.5. The van der Waals surface area contributed by atoms with Gasteiger partial charge in [-0.05, 0) is 91.6 Å². The van der Waals surface area contributed by atoms with Gasteiger partial charge in [-0.15, -0.1) is 108 Å². The van der Waals surface area contributed by atoms with Gasteiger partial charge in [0.05, 0.1) is 0 Å². The van der Waals surface area contributed by atoms with Crippen molar-refractivity contribution in [3.05, 3.63) is 224 Å². The second-order valence-corrected chi connectivity index (χ2v) is 13.8. The van der Waals surface area contributed by atoms with E-state index in [1.54, 1.807) is 0 Å². The van der Waals surface area contributed by atoms with Crippen LogP contribution in [0.3, 0.4) is 0 Å². The summed E-state index contributed by atoms with van der Waals surface area (Å²) < 4.78 is 0. The zero-order valence-electron chi connectivity index (χ0n) is 31.1. The molecule has 0 aliphatic rings. The molecule has 3 nitrogen and oxygen atoms in total. The van der Waals surface area contributed by atoms with E-state index in [-0.39, 0.29) is 20.1 Å².